The minimum Gasteiger partial charge on any atom is -0.340 e. The summed E-state index contributed by atoms with van der Waals surface area (Å²) in [6, 6.07) is 6.94. The van der Waals surface area contributed by atoms with Gasteiger partial charge in [-0.05, 0) is 39.3 Å². The van der Waals surface area contributed by atoms with Crippen molar-refractivity contribution in [2.75, 3.05) is 19.6 Å². The van der Waals surface area contributed by atoms with Gasteiger partial charge in [0.15, 0.2) is 0 Å². The van der Waals surface area contributed by atoms with Crippen molar-refractivity contribution < 1.29 is 4.79 Å². The van der Waals surface area contributed by atoms with Crippen LogP contribution in [-0.2, 0) is 11.2 Å². The Kier molecular flexibility index (Phi) is 4.90. The first-order valence-corrected chi connectivity index (χ1v) is 8.97. The number of fused-ring (bicyclic) bond motifs is 1. The Balaban J connectivity index is 1.74. The summed E-state index contributed by atoms with van der Waals surface area (Å²) < 4.78 is 2.04. The van der Waals surface area contributed by atoms with Gasteiger partial charge in [-0.1, -0.05) is 13.0 Å². The van der Waals surface area contributed by atoms with Gasteiger partial charge in [-0.3, -0.25) is 9.69 Å². The van der Waals surface area contributed by atoms with Crippen molar-refractivity contribution in [2.24, 2.45) is 0 Å². The molecule has 1 aliphatic rings. The van der Waals surface area contributed by atoms with Crippen LogP contribution in [-0.4, -0.2) is 56.8 Å². The third kappa shape index (κ3) is 3.18. The lowest BCUT2D eigenvalue weighted by molar-refractivity contribution is -0.134. The van der Waals surface area contributed by atoms with E-state index in [1.807, 2.05) is 40.6 Å². The van der Waals surface area contributed by atoms with Crippen molar-refractivity contribution in [3.8, 4) is 0 Å². The number of aromatic nitrogens is 2. The second-order valence-electron chi connectivity index (χ2n) is 6.98. The highest BCUT2D eigenvalue weighted by molar-refractivity contribution is 5.79. The molecule has 1 amide bonds. The van der Waals surface area contributed by atoms with E-state index in [1.54, 1.807) is 0 Å². The molecule has 5 nitrogen and oxygen atoms in total. The maximum absolute atomic E-state index is 12.9. The van der Waals surface area contributed by atoms with Gasteiger partial charge in [-0.2, -0.15) is 0 Å². The highest BCUT2D eigenvalue weighted by Gasteiger charge is 2.30. The van der Waals surface area contributed by atoms with Crippen molar-refractivity contribution >= 4 is 11.6 Å². The molecule has 24 heavy (non-hydrogen) atoms. The van der Waals surface area contributed by atoms with Crippen molar-refractivity contribution in [3.63, 3.8) is 0 Å². The SMILES string of the molecule is CC[C@@H]1CN(C(=O)Cc2c(C)nc3ccccn23)CCN1C(C)C. The number of amides is 1. The van der Waals surface area contributed by atoms with Crippen molar-refractivity contribution in [1.29, 1.82) is 0 Å². The van der Waals surface area contributed by atoms with Crippen molar-refractivity contribution in [3.05, 3.63) is 35.8 Å². The Morgan fingerprint density at radius 1 is 1.33 bits per heavy atom. The van der Waals surface area contributed by atoms with Gasteiger partial charge >= 0.3 is 0 Å². The first-order chi connectivity index (χ1) is 11.5. The summed E-state index contributed by atoms with van der Waals surface area (Å²) >= 11 is 0. The van der Waals surface area contributed by atoms with E-state index in [0.717, 1.165) is 43.1 Å². The molecule has 0 radical (unpaired) electrons. The predicted octanol–water partition coefficient (Wildman–Crippen LogP) is 2.52. The highest BCUT2D eigenvalue weighted by Crippen LogP contribution is 2.18. The van der Waals surface area contributed by atoms with Crippen LogP contribution in [0.3, 0.4) is 0 Å². The number of rotatable bonds is 4. The number of aryl methyl sites for hydroxylation is 1. The van der Waals surface area contributed by atoms with E-state index in [9.17, 15) is 4.79 Å². The molecule has 0 aliphatic carbocycles. The number of imidazole rings is 1. The number of hydrogen-bond acceptors (Lipinski definition) is 3. The summed E-state index contributed by atoms with van der Waals surface area (Å²) in [7, 11) is 0. The van der Waals surface area contributed by atoms with E-state index < -0.39 is 0 Å². The topological polar surface area (TPSA) is 40.9 Å². The fourth-order valence-electron chi connectivity index (χ4n) is 3.77. The lowest BCUT2D eigenvalue weighted by Crippen LogP contribution is -2.56. The van der Waals surface area contributed by atoms with Crippen LogP contribution >= 0.6 is 0 Å². The molecule has 3 rings (SSSR count). The van der Waals surface area contributed by atoms with Gasteiger partial charge in [0.05, 0.1) is 17.8 Å². The standard InChI is InChI=1S/C19H28N4O/c1-5-16-13-21(10-11-22(16)14(2)3)19(24)12-17-15(4)20-18-8-6-7-9-23(17)18/h6-9,14,16H,5,10-13H2,1-4H3/t16-/m1/s1. The Morgan fingerprint density at radius 2 is 2.12 bits per heavy atom. The normalized spacial score (nSPS) is 19.4. The van der Waals surface area contributed by atoms with Gasteiger partial charge in [-0.25, -0.2) is 4.98 Å². The second-order valence-corrected chi connectivity index (χ2v) is 6.98. The molecular weight excluding hydrogens is 300 g/mol. The Morgan fingerprint density at radius 3 is 2.83 bits per heavy atom. The summed E-state index contributed by atoms with van der Waals surface area (Å²) in [6.45, 7) is 11.3. The van der Waals surface area contributed by atoms with Gasteiger partial charge in [0.25, 0.3) is 0 Å². The predicted molar refractivity (Wildman–Crippen MR) is 96.1 cm³/mol. The summed E-state index contributed by atoms with van der Waals surface area (Å²) in [5.74, 6) is 0.214. The minimum atomic E-state index is 0.214. The molecule has 0 spiro atoms. The zero-order valence-corrected chi connectivity index (χ0v) is 15.2. The molecule has 2 aromatic heterocycles. The van der Waals surface area contributed by atoms with Crippen LogP contribution in [0.5, 0.6) is 0 Å². The lowest BCUT2D eigenvalue weighted by Gasteiger charge is -2.43. The smallest absolute Gasteiger partial charge is 0.228 e. The minimum absolute atomic E-state index is 0.214. The lowest BCUT2D eigenvalue weighted by atomic mass is 10.1. The number of pyridine rings is 1. The first-order valence-electron chi connectivity index (χ1n) is 8.97. The average molecular weight is 328 g/mol. The molecule has 130 valence electrons. The number of nitrogens with zero attached hydrogens (tertiary/aromatic N) is 4. The van der Waals surface area contributed by atoms with Crippen LogP contribution in [0, 0.1) is 6.92 Å². The monoisotopic (exact) mass is 328 g/mol. The molecule has 0 N–H and O–H groups in total. The van der Waals surface area contributed by atoms with Gasteiger partial charge in [0.2, 0.25) is 5.91 Å². The van der Waals surface area contributed by atoms with Crippen LogP contribution < -0.4 is 0 Å². The molecule has 0 saturated carbocycles. The molecular formula is C19H28N4O. The summed E-state index contributed by atoms with van der Waals surface area (Å²) in [5, 5.41) is 0. The molecule has 0 bridgehead atoms. The Hall–Kier alpha value is -1.88. The number of piperazine rings is 1. The number of carbonyl (C=O) groups excluding carboxylic acids is 1. The van der Waals surface area contributed by atoms with E-state index in [4.69, 9.17) is 0 Å². The van der Waals surface area contributed by atoms with Gasteiger partial charge < -0.3 is 9.30 Å². The summed E-state index contributed by atoms with van der Waals surface area (Å²) in [6.07, 6.45) is 3.50. The van der Waals surface area contributed by atoms with Crippen molar-refractivity contribution in [2.45, 2.75) is 52.6 Å². The molecule has 1 fully saturated rings. The fourth-order valence-corrected chi connectivity index (χ4v) is 3.77. The summed E-state index contributed by atoms with van der Waals surface area (Å²) in [5.41, 5.74) is 2.87. The molecule has 2 aromatic rings. The maximum Gasteiger partial charge on any atom is 0.228 e. The van der Waals surface area contributed by atoms with Gasteiger partial charge in [0, 0.05) is 37.9 Å². The number of hydrogen-bond donors (Lipinski definition) is 0. The molecule has 5 heteroatoms. The molecule has 1 saturated heterocycles. The Labute approximate surface area is 144 Å². The van der Waals surface area contributed by atoms with E-state index in [2.05, 4.69) is 30.7 Å². The Bertz CT molecular complexity index is 721. The van der Waals surface area contributed by atoms with Crippen LogP contribution in [0.1, 0.15) is 38.6 Å². The molecule has 0 aromatic carbocycles. The maximum atomic E-state index is 12.9. The molecule has 0 unspecified atom stereocenters. The first kappa shape index (κ1) is 17.0. The zero-order chi connectivity index (χ0) is 17.3. The van der Waals surface area contributed by atoms with E-state index in [1.165, 1.54) is 0 Å². The van der Waals surface area contributed by atoms with Gasteiger partial charge in [0.1, 0.15) is 5.65 Å². The quantitative estimate of drug-likeness (QED) is 0.866. The van der Waals surface area contributed by atoms with Crippen molar-refractivity contribution in [1.82, 2.24) is 19.2 Å². The molecule has 1 aliphatic heterocycles. The second kappa shape index (κ2) is 6.93. The third-order valence-corrected chi connectivity index (χ3v) is 5.16. The van der Waals surface area contributed by atoms with E-state index >= 15 is 0 Å². The van der Waals surface area contributed by atoms with Gasteiger partial charge in [-0.15, -0.1) is 0 Å². The van der Waals surface area contributed by atoms with Crippen LogP contribution in [0.15, 0.2) is 24.4 Å². The van der Waals surface area contributed by atoms with E-state index in [0.29, 0.717) is 18.5 Å². The van der Waals surface area contributed by atoms with Crippen LogP contribution in [0.4, 0.5) is 0 Å². The fraction of sp³-hybridized carbons (Fsp3) is 0.579. The largest absolute Gasteiger partial charge is 0.340 e. The van der Waals surface area contributed by atoms with Crippen LogP contribution in [0.2, 0.25) is 0 Å². The molecule has 1 atom stereocenters. The highest BCUT2D eigenvalue weighted by atomic mass is 16.2. The van der Waals surface area contributed by atoms with Crippen LogP contribution in [0.25, 0.3) is 5.65 Å². The average Bonchev–Trinajstić information content (AvgIpc) is 2.89. The third-order valence-electron chi connectivity index (χ3n) is 5.16. The van der Waals surface area contributed by atoms with E-state index in [-0.39, 0.29) is 5.91 Å². The number of carbonyl (C=O) groups is 1. The summed E-state index contributed by atoms with van der Waals surface area (Å²) in [4.78, 5) is 22.0. The molecule has 3 heterocycles. The zero-order valence-electron chi connectivity index (χ0n) is 15.2.